The Balaban J connectivity index is 2.22. The van der Waals surface area contributed by atoms with E-state index in [1.165, 1.54) is 12.1 Å². The van der Waals surface area contributed by atoms with Crippen LogP contribution in [0.15, 0.2) is 6.07 Å². The number of aromatic nitrogens is 1. The van der Waals surface area contributed by atoms with E-state index in [1.807, 2.05) is 13.0 Å². The lowest BCUT2D eigenvalue weighted by atomic mass is 10.1. The lowest BCUT2D eigenvalue weighted by Gasteiger charge is -2.10. The van der Waals surface area contributed by atoms with E-state index in [0.717, 1.165) is 30.0 Å². The van der Waals surface area contributed by atoms with Crippen molar-refractivity contribution in [2.75, 3.05) is 0 Å². The molecule has 1 heterocycles. The fourth-order valence-corrected chi connectivity index (χ4v) is 2.34. The van der Waals surface area contributed by atoms with Gasteiger partial charge in [-0.05, 0) is 37.7 Å². The second-order valence-corrected chi connectivity index (χ2v) is 5.44. The van der Waals surface area contributed by atoms with E-state index in [0.29, 0.717) is 5.41 Å². The monoisotopic (exact) mass is 205 g/mol. The maximum Gasteiger partial charge on any atom is 0.151 e. The van der Waals surface area contributed by atoms with Crippen LogP contribution in [0.3, 0.4) is 0 Å². The standard InChI is InChI=1S/C13H19NO/c1-9-5-11(8-15)10(2)14(9)7-12-6-13(12,3)4/h5,8,12H,6-7H2,1-4H3. The van der Waals surface area contributed by atoms with Crippen LogP contribution >= 0.6 is 0 Å². The van der Waals surface area contributed by atoms with Crippen LogP contribution in [0.2, 0.25) is 0 Å². The van der Waals surface area contributed by atoms with Gasteiger partial charge in [-0.25, -0.2) is 0 Å². The summed E-state index contributed by atoms with van der Waals surface area (Å²) in [5.74, 6) is 0.779. The molecular weight excluding hydrogens is 186 g/mol. The lowest BCUT2D eigenvalue weighted by Crippen LogP contribution is -2.07. The van der Waals surface area contributed by atoms with E-state index < -0.39 is 0 Å². The number of carbonyl (C=O) groups is 1. The number of rotatable bonds is 3. The summed E-state index contributed by atoms with van der Waals surface area (Å²) in [6.07, 6.45) is 2.26. The van der Waals surface area contributed by atoms with Crippen molar-refractivity contribution < 1.29 is 4.79 Å². The first kappa shape index (κ1) is 10.5. The van der Waals surface area contributed by atoms with E-state index in [-0.39, 0.29) is 0 Å². The number of aldehydes is 1. The van der Waals surface area contributed by atoms with Crippen molar-refractivity contribution in [2.45, 2.75) is 40.7 Å². The van der Waals surface area contributed by atoms with E-state index in [9.17, 15) is 4.79 Å². The highest BCUT2D eigenvalue weighted by Crippen LogP contribution is 2.52. The van der Waals surface area contributed by atoms with Gasteiger partial charge >= 0.3 is 0 Å². The highest BCUT2D eigenvalue weighted by molar-refractivity contribution is 5.77. The van der Waals surface area contributed by atoms with Crippen molar-refractivity contribution in [2.24, 2.45) is 11.3 Å². The van der Waals surface area contributed by atoms with Gasteiger partial charge in [0.25, 0.3) is 0 Å². The molecule has 15 heavy (non-hydrogen) atoms. The van der Waals surface area contributed by atoms with Crippen LogP contribution in [-0.2, 0) is 6.54 Å². The summed E-state index contributed by atoms with van der Waals surface area (Å²) in [6.45, 7) is 9.80. The van der Waals surface area contributed by atoms with Crippen molar-refractivity contribution in [1.29, 1.82) is 0 Å². The van der Waals surface area contributed by atoms with Crippen molar-refractivity contribution in [1.82, 2.24) is 4.57 Å². The summed E-state index contributed by atoms with van der Waals surface area (Å²) in [4.78, 5) is 10.8. The molecule has 1 aliphatic rings. The third-order valence-corrected chi connectivity index (χ3v) is 3.86. The van der Waals surface area contributed by atoms with Gasteiger partial charge in [-0.2, -0.15) is 0 Å². The van der Waals surface area contributed by atoms with Gasteiger partial charge in [0.05, 0.1) is 0 Å². The van der Waals surface area contributed by atoms with Crippen LogP contribution in [0.4, 0.5) is 0 Å². The van der Waals surface area contributed by atoms with Crippen molar-refractivity contribution in [3.63, 3.8) is 0 Å². The molecule has 0 aromatic carbocycles. The summed E-state index contributed by atoms with van der Waals surface area (Å²) >= 11 is 0. The van der Waals surface area contributed by atoms with E-state index in [4.69, 9.17) is 0 Å². The molecular formula is C13H19NO. The molecule has 0 radical (unpaired) electrons. The zero-order valence-electron chi connectivity index (χ0n) is 10.0. The molecule has 1 aromatic rings. The molecule has 1 aromatic heterocycles. The Bertz CT molecular complexity index is 401. The SMILES string of the molecule is Cc1cc(C=O)c(C)n1CC1CC1(C)C. The number of nitrogens with zero attached hydrogens (tertiary/aromatic N) is 1. The molecule has 1 saturated carbocycles. The summed E-state index contributed by atoms with van der Waals surface area (Å²) in [7, 11) is 0. The minimum absolute atomic E-state index is 0.504. The molecule has 2 nitrogen and oxygen atoms in total. The molecule has 2 rings (SSSR count). The summed E-state index contributed by atoms with van der Waals surface area (Å²) in [6, 6.07) is 1.98. The second kappa shape index (κ2) is 3.22. The molecule has 82 valence electrons. The first-order valence-electron chi connectivity index (χ1n) is 5.57. The maximum atomic E-state index is 10.8. The van der Waals surface area contributed by atoms with Crippen LogP contribution in [0, 0.1) is 25.2 Å². The fourth-order valence-electron chi connectivity index (χ4n) is 2.34. The molecule has 0 bridgehead atoms. The predicted octanol–water partition coefficient (Wildman–Crippen LogP) is 2.96. The number of hydrogen-bond acceptors (Lipinski definition) is 1. The third kappa shape index (κ3) is 1.73. The zero-order valence-corrected chi connectivity index (χ0v) is 10.0. The van der Waals surface area contributed by atoms with Gasteiger partial charge in [0.15, 0.2) is 6.29 Å². The minimum Gasteiger partial charge on any atom is -0.348 e. The molecule has 2 heteroatoms. The predicted molar refractivity (Wildman–Crippen MR) is 61.2 cm³/mol. The van der Waals surface area contributed by atoms with Gasteiger partial charge in [0.1, 0.15) is 0 Å². The van der Waals surface area contributed by atoms with E-state index in [2.05, 4.69) is 25.3 Å². The van der Waals surface area contributed by atoms with E-state index in [1.54, 1.807) is 0 Å². The van der Waals surface area contributed by atoms with Crippen LogP contribution in [0.5, 0.6) is 0 Å². The third-order valence-electron chi connectivity index (χ3n) is 3.86. The van der Waals surface area contributed by atoms with Crippen molar-refractivity contribution in [3.05, 3.63) is 23.0 Å². The molecule has 1 unspecified atom stereocenters. The van der Waals surface area contributed by atoms with Gasteiger partial charge in [0, 0.05) is 23.5 Å². The van der Waals surface area contributed by atoms with Gasteiger partial charge in [-0.1, -0.05) is 13.8 Å². The maximum absolute atomic E-state index is 10.8. The summed E-state index contributed by atoms with van der Waals surface area (Å²) in [5, 5.41) is 0. The Hall–Kier alpha value is -1.05. The molecule has 1 aliphatic carbocycles. The van der Waals surface area contributed by atoms with Gasteiger partial charge in [-0.15, -0.1) is 0 Å². The Kier molecular flexibility index (Phi) is 2.25. The Morgan fingerprint density at radius 2 is 2.13 bits per heavy atom. The van der Waals surface area contributed by atoms with Crippen LogP contribution in [0.1, 0.15) is 42.0 Å². The number of hydrogen-bond donors (Lipinski definition) is 0. The first-order valence-corrected chi connectivity index (χ1v) is 5.57. The van der Waals surface area contributed by atoms with Crippen LogP contribution in [-0.4, -0.2) is 10.9 Å². The highest BCUT2D eigenvalue weighted by Gasteiger charge is 2.45. The molecule has 0 spiro atoms. The Morgan fingerprint density at radius 3 is 2.53 bits per heavy atom. The zero-order chi connectivity index (χ0) is 11.2. The average Bonchev–Trinajstić information content (AvgIpc) is 2.67. The number of aryl methyl sites for hydroxylation is 1. The normalized spacial score (nSPS) is 22.8. The number of carbonyl (C=O) groups excluding carboxylic acids is 1. The fraction of sp³-hybridized carbons (Fsp3) is 0.615. The Morgan fingerprint density at radius 1 is 1.53 bits per heavy atom. The topological polar surface area (TPSA) is 22.0 Å². The molecule has 0 saturated heterocycles. The molecule has 1 atom stereocenters. The van der Waals surface area contributed by atoms with Gasteiger partial charge < -0.3 is 4.57 Å². The van der Waals surface area contributed by atoms with Crippen LogP contribution in [0.25, 0.3) is 0 Å². The van der Waals surface area contributed by atoms with Crippen LogP contribution < -0.4 is 0 Å². The average molecular weight is 205 g/mol. The quantitative estimate of drug-likeness (QED) is 0.695. The first-order chi connectivity index (χ1) is 6.95. The van der Waals surface area contributed by atoms with E-state index >= 15 is 0 Å². The largest absolute Gasteiger partial charge is 0.348 e. The molecule has 1 fully saturated rings. The highest BCUT2D eigenvalue weighted by atomic mass is 16.1. The molecule has 0 N–H and O–H groups in total. The van der Waals surface area contributed by atoms with Crippen molar-refractivity contribution in [3.8, 4) is 0 Å². The smallest absolute Gasteiger partial charge is 0.151 e. The van der Waals surface area contributed by atoms with Gasteiger partial charge in [0.2, 0.25) is 0 Å². The van der Waals surface area contributed by atoms with Gasteiger partial charge in [-0.3, -0.25) is 4.79 Å². The lowest BCUT2D eigenvalue weighted by molar-refractivity contribution is 0.112. The summed E-state index contributed by atoms with van der Waals surface area (Å²) in [5.41, 5.74) is 3.67. The minimum atomic E-state index is 0.504. The van der Waals surface area contributed by atoms with Crippen molar-refractivity contribution >= 4 is 6.29 Å². The second-order valence-electron chi connectivity index (χ2n) is 5.44. The Labute approximate surface area is 91.3 Å². The molecule has 0 amide bonds. The summed E-state index contributed by atoms with van der Waals surface area (Å²) < 4.78 is 2.28. The molecule has 0 aliphatic heterocycles.